The topological polar surface area (TPSA) is 26.3 Å². The second-order valence-electron chi connectivity index (χ2n) is 6.54. The van der Waals surface area contributed by atoms with Crippen LogP contribution in [-0.2, 0) is 9.53 Å². The lowest BCUT2D eigenvalue weighted by atomic mass is 9.85. The molecule has 20 heavy (non-hydrogen) atoms. The van der Waals surface area contributed by atoms with Gasteiger partial charge in [-0.25, -0.2) is 0 Å². The molecule has 2 aliphatic heterocycles. The predicted molar refractivity (Wildman–Crippen MR) is 80.0 cm³/mol. The summed E-state index contributed by atoms with van der Waals surface area (Å²) in [6.07, 6.45) is 5.23. The third kappa shape index (κ3) is 1.94. The molecule has 1 saturated carbocycles. The third-order valence-corrected chi connectivity index (χ3v) is 6.50. The van der Waals surface area contributed by atoms with Gasteiger partial charge in [0.1, 0.15) is 6.10 Å². The Kier molecular flexibility index (Phi) is 2.97. The molecule has 3 fully saturated rings. The number of hydrogen-bond donors (Lipinski definition) is 0. The zero-order valence-corrected chi connectivity index (χ0v) is 12.6. The molecular formula is C17H20O2S. The standard InChI is InChI=1S/C17H20O2S/c1-11-4-6-13(7-5-11)20-15-9-12-3-2-8-17(12)10-14(18)16(15)19-17/h4-7,12,15-16H,2-3,8-10H2,1H3/t12-,15-,16-,17+/m1/s1. The summed E-state index contributed by atoms with van der Waals surface area (Å²) in [7, 11) is 0. The van der Waals surface area contributed by atoms with E-state index in [0.717, 1.165) is 12.8 Å². The minimum atomic E-state index is -0.157. The number of carbonyl (C=O) groups is 1. The van der Waals surface area contributed by atoms with Gasteiger partial charge < -0.3 is 4.74 Å². The van der Waals surface area contributed by atoms with Crippen LogP contribution in [0.5, 0.6) is 0 Å². The van der Waals surface area contributed by atoms with E-state index in [9.17, 15) is 4.79 Å². The van der Waals surface area contributed by atoms with Crippen molar-refractivity contribution in [2.24, 2.45) is 5.92 Å². The van der Waals surface area contributed by atoms with Gasteiger partial charge in [-0.15, -0.1) is 11.8 Å². The summed E-state index contributed by atoms with van der Waals surface area (Å²) in [5, 5.41) is 0.309. The average Bonchev–Trinajstić information content (AvgIpc) is 2.95. The molecule has 106 valence electrons. The molecule has 0 amide bonds. The average molecular weight is 288 g/mol. The lowest BCUT2D eigenvalue weighted by Gasteiger charge is -2.39. The Morgan fingerprint density at radius 1 is 1.30 bits per heavy atom. The van der Waals surface area contributed by atoms with E-state index >= 15 is 0 Å². The number of benzene rings is 1. The largest absolute Gasteiger partial charge is 0.362 e. The highest BCUT2D eigenvalue weighted by Gasteiger charge is 2.59. The van der Waals surface area contributed by atoms with Crippen molar-refractivity contribution in [3.05, 3.63) is 29.8 Å². The number of thioether (sulfide) groups is 1. The monoisotopic (exact) mass is 288 g/mol. The molecule has 0 radical (unpaired) electrons. The van der Waals surface area contributed by atoms with E-state index in [4.69, 9.17) is 4.74 Å². The van der Waals surface area contributed by atoms with Gasteiger partial charge in [-0.3, -0.25) is 4.79 Å². The van der Waals surface area contributed by atoms with E-state index in [2.05, 4.69) is 31.2 Å². The van der Waals surface area contributed by atoms with Gasteiger partial charge in [0.15, 0.2) is 5.78 Å². The van der Waals surface area contributed by atoms with E-state index in [-0.39, 0.29) is 11.7 Å². The molecule has 1 spiro atoms. The molecule has 2 saturated heterocycles. The van der Waals surface area contributed by atoms with Gasteiger partial charge in [0, 0.05) is 16.6 Å². The van der Waals surface area contributed by atoms with Crippen molar-refractivity contribution in [3.8, 4) is 0 Å². The predicted octanol–water partition coefficient (Wildman–Crippen LogP) is 3.76. The second kappa shape index (κ2) is 4.60. The van der Waals surface area contributed by atoms with Crippen molar-refractivity contribution in [2.45, 2.75) is 60.9 Å². The maximum absolute atomic E-state index is 12.3. The Bertz CT molecular complexity index is 538. The lowest BCUT2D eigenvalue weighted by molar-refractivity contribution is -0.128. The minimum absolute atomic E-state index is 0.0634. The molecule has 3 heteroatoms. The van der Waals surface area contributed by atoms with Crippen molar-refractivity contribution in [3.63, 3.8) is 0 Å². The van der Waals surface area contributed by atoms with Gasteiger partial charge in [-0.1, -0.05) is 24.1 Å². The number of Topliss-reactive ketones (excluding diaryl/α,β-unsaturated/α-hetero) is 1. The Balaban J connectivity index is 1.57. The van der Waals surface area contributed by atoms with Gasteiger partial charge in [0.05, 0.1) is 5.60 Å². The maximum atomic E-state index is 12.3. The summed E-state index contributed by atoms with van der Waals surface area (Å²) in [4.78, 5) is 13.6. The van der Waals surface area contributed by atoms with Crippen molar-refractivity contribution in [1.29, 1.82) is 0 Å². The first-order chi connectivity index (χ1) is 9.66. The first-order valence-electron chi connectivity index (χ1n) is 7.60. The van der Waals surface area contributed by atoms with E-state index in [1.807, 2.05) is 11.8 Å². The molecular weight excluding hydrogens is 268 g/mol. The van der Waals surface area contributed by atoms with E-state index < -0.39 is 0 Å². The molecule has 0 aromatic heterocycles. The molecule has 3 aliphatic rings. The van der Waals surface area contributed by atoms with Crippen LogP contribution in [0, 0.1) is 12.8 Å². The molecule has 4 atom stereocenters. The zero-order valence-electron chi connectivity index (χ0n) is 11.8. The number of ketones is 1. The Hall–Kier alpha value is -0.800. The molecule has 2 nitrogen and oxygen atoms in total. The maximum Gasteiger partial charge on any atom is 0.165 e. The number of carbonyl (C=O) groups excluding carboxylic acids is 1. The van der Waals surface area contributed by atoms with Gasteiger partial charge in [0.25, 0.3) is 0 Å². The van der Waals surface area contributed by atoms with Crippen LogP contribution in [0.3, 0.4) is 0 Å². The van der Waals surface area contributed by atoms with Gasteiger partial charge in [-0.2, -0.15) is 0 Å². The number of ether oxygens (including phenoxy) is 1. The van der Waals surface area contributed by atoms with Crippen LogP contribution < -0.4 is 0 Å². The summed E-state index contributed by atoms with van der Waals surface area (Å²) in [6, 6.07) is 8.61. The van der Waals surface area contributed by atoms with Crippen LogP contribution in [0.25, 0.3) is 0 Å². The molecule has 2 heterocycles. The molecule has 1 aromatic carbocycles. The third-order valence-electron chi connectivity index (χ3n) is 5.21. The highest BCUT2D eigenvalue weighted by Crippen LogP contribution is 2.55. The lowest BCUT2D eigenvalue weighted by Crippen LogP contribution is -2.43. The van der Waals surface area contributed by atoms with Crippen molar-refractivity contribution >= 4 is 17.5 Å². The number of aryl methyl sites for hydroxylation is 1. The second-order valence-corrected chi connectivity index (χ2v) is 7.85. The van der Waals surface area contributed by atoms with E-state index in [0.29, 0.717) is 23.4 Å². The fraction of sp³-hybridized carbons (Fsp3) is 0.588. The number of rotatable bonds is 2. The van der Waals surface area contributed by atoms with Crippen LogP contribution in [-0.4, -0.2) is 22.7 Å². The van der Waals surface area contributed by atoms with Crippen LogP contribution in [0.15, 0.2) is 29.2 Å². The molecule has 0 N–H and O–H groups in total. The molecule has 4 rings (SSSR count). The molecule has 2 bridgehead atoms. The van der Waals surface area contributed by atoms with Crippen molar-refractivity contribution < 1.29 is 9.53 Å². The van der Waals surface area contributed by atoms with Crippen LogP contribution >= 0.6 is 11.8 Å². The van der Waals surface area contributed by atoms with Gasteiger partial charge in [-0.05, 0) is 44.2 Å². The number of fused-ring (bicyclic) bond motifs is 1. The first kappa shape index (κ1) is 12.9. The highest BCUT2D eigenvalue weighted by molar-refractivity contribution is 8.00. The van der Waals surface area contributed by atoms with Gasteiger partial charge in [0.2, 0.25) is 0 Å². The fourth-order valence-corrected chi connectivity index (χ4v) is 5.48. The Morgan fingerprint density at radius 3 is 2.90 bits per heavy atom. The summed E-state index contributed by atoms with van der Waals surface area (Å²) in [5.41, 5.74) is 1.22. The van der Waals surface area contributed by atoms with Gasteiger partial charge >= 0.3 is 0 Å². The summed E-state index contributed by atoms with van der Waals surface area (Å²) < 4.78 is 6.26. The van der Waals surface area contributed by atoms with Crippen molar-refractivity contribution in [1.82, 2.24) is 0 Å². The van der Waals surface area contributed by atoms with E-state index in [1.165, 1.54) is 23.3 Å². The molecule has 0 unspecified atom stereocenters. The smallest absolute Gasteiger partial charge is 0.165 e. The SMILES string of the molecule is Cc1ccc(S[C@@H]2C[C@H]3CCC[C@]34CC(=O)[C@H]2O4)cc1. The van der Waals surface area contributed by atoms with Crippen LogP contribution in [0.2, 0.25) is 0 Å². The van der Waals surface area contributed by atoms with E-state index in [1.54, 1.807) is 0 Å². The fourth-order valence-electron chi connectivity index (χ4n) is 4.18. The number of hydrogen-bond acceptors (Lipinski definition) is 3. The minimum Gasteiger partial charge on any atom is -0.362 e. The Morgan fingerprint density at radius 2 is 2.10 bits per heavy atom. The summed E-state index contributed by atoms with van der Waals surface area (Å²) >= 11 is 1.84. The quantitative estimate of drug-likeness (QED) is 0.829. The van der Waals surface area contributed by atoms with Crippen molar-refractivity contribution in [2.75, 3.05) is 0 Å². The normalized spacial score (nSPS) is 39.0. The van der Waals surface area contributed by atoms with Crippen LogP contribution in [0.4, 0.5) is 0 Å². The Labute approximate surface area is 124 Å². The zero-order chi connectivity index (χ0) is 13.7. The highest BCUT2D eigenvalue weighted by atomic mass is 32.2. The summed E-state index contributed by atoms with van der Waals surface area (Å²) in [6.45, 7) is 2.10. The molecule has 1 aliphatic carbocycles. The summed E-state index contributed by atoms with van der Waals surface area (Å²) in [5.74, 6) is 0.951. The van der Waals surface area contributed by atoms with Crippen LogP contribution in [0.1, 0.15) is 37.7 Å². The first-order valence-corrected chi connectivity index (χ1v) is 8.48. The molecule has 1 aromatic rings.